The molecule has 7 N–H and O–H groups in total. The standard InChI is InChI=1S/C17H32N4O6S2/c1-8(2)12(18)16(25)19-10(5-6-29-4)14(23)20-11(7-28)15(24)21-13(9(3)22)17(26)27/h8-13,22,28H,5-7,18H2,1-4H3,(H,19,25)(H,20,23)(H,21,24)(H,26,27). The second kappa shape index (κ2) is 13.7. The van der Waals surface area contributed by atoms with E-state index >= 15 is 0 Å². The SMILES string of the molecule is CSCCC(NC(=O)C(N)C(C)C)C(=O)NC(CS)C(=O)NC(C(=O)O)C(C)O. The van der Waals surface area contributed by atoms with Crippen LogP contribution in [0.2, 0.25) is 0 Å². The van der Waals surface area contributed by atoms with Crippen molar-refractivity contribution >= 4 is 48.1 Å². The molecule has 5 atom stereocenters. The van der Waals surface area contributed by atoms with Gasteiger partial charge in [-0.1, -0.05) is 13.8 Å². The van der Waals surface area contributed by atoms with E-state index in [0.717, 1.165) is 0 Å². The van der Waals surface area contributed by atoms with Gasteiger partial charge in [0, 0.05) is 5.75 Å². The van der Waals surface area contributed by atoms with Gasteiger partial charge < -0.3 is 31.9 Å². The van der Waals surface area contributed by atoms with Crippen LogP contribution in [-0.4, -0.2) is 81.9 Å². The normalized spacial score (nSPS) is 16.3. The number of hydrogen-bond acceptors (Lipinski definition) is 8. The average Bonchev–Trinajstić information content (AvgIpc) is 2.65. The topological polar surface area (TPSA) is 171 Å². The number of thiol groups is 1. The lowest BCUT2D eigenvalue weighted by Gasteiger charge is -2.25. The number of carbonyl (C=O) groups is 4. The number of aliphatic hydroxyl groups excluding tert-OH is 1. The summed E-state index contributed by atoms with van der Waals surface area (Å²) in [4.78, 5) is 48.3. The number of aliphatic hydroxyl groups is 1. The number of aliphatic carboxylic acids is 1. The van der Waals surface area contributed by atoms with Crippen LogP contribution in [0.5, 0.6) is 0 Å². The predicted molar refractivity (Wildman–Crippen MR) is 115 cm³/mol. The molecule has 0 aliphatic heterocycles. The van der Waals surface area contributed by atoms with E-state index in [1.165, 1.54) is 18.7 Å². The maximum Gasteiger partial charge on any atom is 0.328 e. The summed E-state index contributed by atoms with van der Waals surface area (Å²) in [5, 5.41) is 25.8. The first-order valence-corrected chi connectivity index (χ1v) is 11.2. The fraction of sp³-hybridized carbons (Fsp3) is 0.765. The number of nitrogens with one attached hydrogen (secondary N) is 3. The second-order valence-corrected chi connectivity index (χ2v) is 8.27. The number of carboxylic acid groups (broad SMARTS) is 1. The summed E-state index contributed by atoms with van der Waals surface area (Å²) in [6.45, 7) is 4.78. The Kier molecular flexibility index (Phi) is 13.0. The zero-order chi connectivity index (χ0) is 22.7. The summed E-state index contributed by atoms with van der Waals surface area (Å²) in [6.07, 6.45) is 0.831. The molecule has 0 aromatic carbocycles. The van der Waals surface area contributed by atoms with E-state index in [1.807, 2.05) is 6.26 Å². The van der Waals surface area contributed by atoms with Crippen LogP contribution < -0.4 is 21.7 Å². The Labute approximate surface area is 180 Å². The van der Waals surface area contributed by atoms with Crippen molar-refractivity contribution in [1.82, 2.24) is 16.0 Å². The van der Waals surface area contributed by atoms with Gasteiger partial charge in [-0.2, -0.15) is 24.4 Å². The second-order valence-electron chi connectivity index (χ2n) is 6.92. The Morgan fingerprint density at radius 1 is 1.00 bits per heavy atom. The monoisotopic (exact) mass is 452 g/mol. The highest BCUT2D eigenvalue weighted by atomic mass is 32.2. The van der Waals surface area contributed by atoms with E-state index in [9.17, 15) is 24.3 Å². The lowest BCUT2D eigenvalue weighted by molar-refractivity contribution is -0.145. The van der Waals surface area contributed by atoms with E-state index in [0.29, 0.717) is 12.2 Å². The van der Waals surface area contributed by atoms with Crippen molar-refractivity contribution in [3.05, 3.63) is 0 Å². The van der Waals surface area contributed by atoms with E-state index < -0.39 is 54.0 Å². The maximum atomic E-state index is 12.6. The molecule has 0 rings (SSSR count). The summed E-state index contributed by atoms with van der Waals surface area (Å²) >= 11 is 5.51. The third-order valence-corrected chi connectivity index (χ3v) is 5.14. The number of thioether (sulfide) groups is 1. The van der Waals surface area contributed by atoms with Crippen LogP contribution in [-0.2, 0) is 19.2 Å². The quantitative estimate of drug-likeness (QED) is 0.167. The zero-order valence-corrected chi connectivity index (χ0v) is 18.8. The summed E-state index contributed by atoms with van der Waals surface area (Å²) in [5.74, 6) is -2.96. The minimum atomic E-state index is -1.53. The van der Waals surface area contributed by atoms with Gasteiger partial charge in [0.1, 0.15) is 12.1 Å². The molecule has 0 aliphatic rings. The minimum absolute atomic E-state index is 0.113. The van der Waals surface area contributed by atoms with Gasteiger partial charge in [0.25, 0.3) is 0 Å². The fourth-order valence-corrected chi connectivity index (χ4v) is 2.91. The molecule has 0 fully saturated rings. The smallest absolute Gasteiger partial charge is 0.328 e. The van der Waals surface area contributed by atoms with Gasteiger partial charge in [-0.3, -0.25) is 14.4 Å². The number of hydrogen-bond donors (Lipinski definition) is 7. The number of rotatable bonds is 13. The molecule has 0 aliphatic carbocycles. The third-order valence-electron chi connectivity index (χ3n) is 4.13. The van der Waals surface area contributed by atoms with Crippen molar-refractivity contribution in [2.24, 2.45) is 11.7 Å². The van der Waals surface area contributed by atoms with Gasteiger partial charge in [0.2, 0.25) is 17.7 Å². The van der Waals surface area contributed by atoms with E-state index in [2.05, 4.69) is 28.6 Å². The number of nitrogens with two attached hydrogens (primary N) is 1. The Morgan fingerprint density at radius 2 is 1.52 bits per heavy atom. The van der Waals surface area contributed by atoms with Crippen LogP contribution in [0.4, 0.5) is 0 Å². The molecule has 0 saturated heterocycles. The molecule has 0 heterocycles. The van der Waals surface area contributed by atoms with Crippen LogP contribution in [0.25, 0.3) is 0 Å². The van der Waals surface area contributed by atoms with Crippen LogP contribution in [0.3, 0.4) is 0 Å². The number of carbonyl (C=O) groups excluding carboxylic acids is 3. The van der Waals surface area contributed by atoms with Crippen molar-refractivity contribution in [2.45, 2.75) is 57.5 Å². The van der Waals surface area contributed by atoms with E-state index in [1.54, 1.807) is 13.8 Å². The van der Waals surface area contributed by atoms with Gasteiger partial charge in [-0.25, -0.2) is 4.79 Å². The Hall–Kier alpha value is -1.50. The van der Waals surface area contributed by atoms with Crippen molar-refractivity contribution in [1.29, 1.82) is 0 Å². The van der Waals surface area contributed by atoms with Gasteiger partial charge >= 0.3 is 5.97 Å². The van der Waals surface area contributed by atoms with Crippen molar-refractivity contribution < 1.29 is 29.4 Å². The van der Waals surface area contributed by atoms with Crippen molar-refractivity contribution in [2.75, 3.05) is 17.8 Å². The predicted octanol–water partition coefficient (Wildman–Crippen LogP) is -1.43. The molecule has 0 radical (unpaired) electrons. The Balaban J connectivity index is 5.19. The lowest BCUT2D eigenvalue weighted by atomic mass is 10.0. The largest absolute Gasteiger partial charge is 0.480 e. The molecular formula is C17H32N4O6S2. The van der Waals surface area contributed by atoms with Crippen molar-refractivity contribution in [3.8, 4) is 0 Å². The van der Waals surface area contributed by atoms with Gasteiger partial charge in [0.05, 0.1) is 12.1 Å². The Bertz CT molecular complexity index is 576. The Morgan fingerprint density at radius 3 is 1.93 bits per heavy atom. The number of carboxylic acids is 1. The van der Waals surface area contributed by atoms with Crippen LogP contribution in [0.1, 0.15) is 27.2 Å². The molecule has 29 heavy (non-hydrogen) atoms. The summed E-state index contributed by atoms with van der Waals surface area (Å²) < 4.78 is 0. The minimum Gasteiger partial charge on any atom is -0.480 e. The lowest BCUT2D eigenvalue weighted by Crippen LogP contribution is -2.59. The van der Waals surface area contributed by atoms with Crippen LogP contribution >= 0.6 is 24.4 Å². The molecule has 0 spiro atoms. The third kappa shape index (κ3) is 9.70. The zero-order valence-electron chi connectivity index (χ0n) is 17.0. The summed E-state index contributed by atoms with van der Waals surface area (Å²) in [6, 6.07) is -4.38. The van der Waals surface area contributed by atoms with E-state index in [4.69, 9.17) is 10.8 Å². The van der Waals surface area contributed by atoms with Gasteiger partial charge in [-0.15, -0.1) is 0 Å². The maximum absolute atomic E-state index is 12.6. The van der Waals surface area contributed by atoms with E-state index in [-0.39, 0.29) is 11.7 Å². The average molecular weight is 453 g/mol. The first kappa shape index (κ1) is 27.5. The van der Waals surface area contributed by atoms with Crippen LogP contribution in [0.15, 0.2) is 0 Å². The molecular weight excluding hydrogens is 420 g/mol. The number of amides is 3. The summed E-state index contributed by atoms with van der Waals surface area (Å²) in [7, 11) is 0. The van der Waals surface area contributed by atoms with Gasteiger partial charge in [0.15, 0.2) is 6.04 Å². The molecule has 0 bridgehead atoms. The highest BCUT2D eigenvalue weighted by Gasteiger charge is 2.31. The highest BCUT2D eigenvalue weighted by Crippen LogP contribution is 2.05. The highest BCUT2D eigenvalue weighted by molar-refractivity contribution is 7.98. The molecule has 3 amide bonds. The molecule has 10 nitrogen and oxygen atoms in total. The first-order chi connectivity index (χ1) is 13.5. The van der Waals surface area contributed by atoms with Crippen LogP contribution in [0, 0.1) is 5.92 Å². The first-order valence-electron chi connectivity index (χ1n) is 9.13. The van der Waals surface area contributed by atoms with Crippen molar-refractivity contribution in [3.63, 3.8) is 0 Å². The molecule has 0 aromatic rings. The molecule has 0 saturated carbocycles. The molecule has 0 aromatic heterocycles. The fourth-order valence-electron chi connectivity index (χ4n) is 2.18. The molecule has 5 unspecified atom stereocenters. The molecule has 168 valence electrons. The molecule has 12 heteroatoms. The van der Waals surface area contributed by atoms with Gasteiger partial charge in [-0.05, 0) is 31.3 Å². The summed E-state index contributed by atoms with van der Waals surface area (Å²) in [5.41, 5.74) is 5.82.